The number of carbonyl (C=O) groups is 3. The third kappa shape index (κ3) is 8.08. The molecule has 3 aliphatic rings. The molecule has 3 aromatic heterocycles. The number of hydrogen-bond acceptors (Lipinski definition) is 11. The molecule has 4 heterocycles. The van der Waals surface area contributed by atoms with Crippen LogP contribution in [0.2, 0.25) is 5.15 Å². The van der Waals surface area contributed by atoms with Crippen molar-refractivity contribution in [1.29, 1.82) is 0 Å². The molecule has 2 aliphatic carbocycles. The summed E-state index contributed by atoms with van der Waals surface area (Å²) in [7, 11) is -3.92. The molecule has 0 radical (unpaired) electrons. The Morgan fingerprint density at radius 1 is 1.08 bits per heavy atom. The van der Waals surface area contributed by atoms with Crippen molar-refractivity contribution >= 4 is 61.3 Å². The van der Waals surface area contributed by atoms with Gasteiger partial charge >= 0.3 is 6.18 Å². The highest BCUT2D eigenvalue weighted by atomic mass is 35.5. The van der Waals surface area contributed by atoms with Crippen LogP contribution in [-0.4, -0.2) is 74.8 Å². The van der Waals surface area contributed by atoms with Crippen molar-refractivity contribution in [3.63, 3.8) is 0 Å². The number of carbonyl (C=O) groups excluding carboxylic acids is 3. The molecule has 8 rings (SSSR count). The van der Waals surface area contributed by atoms with Gasteiger partial charge < -0.3 is 14.1 Å². The van der Waals surface area contributed by atoms with Gasteiger partial charge in [-0.3, -0.25) is 19.1 Å². The maximum atomic E-state index is 14.7. The molecule has 5 atom stereocenters. The largest absolute Gasteiger partial charge is 0.470 e. The molecule has 1 N–H and O–H groups in total. The number of alkyl halides is 3. The SMILES string of the molecule is C=C[C@@H]1C[C@]1(CC(=O)[C@@H]1C[C@@H](Oc2nc(-c3ccc(C(F)(F)F)cc3)nc3c2oc2ccccc23)CN1C(=O)[C@@H](Cc1nccc(Cl)n1)C(C)C)C(=O)NS(=O)(=O)C1CC1. The smallest absolute Gasteiger partial charge is 0.416 e. The van der Waals surface area contributed by atoms with E-state index in [1.165, 1.54) is 35.4 Å². The Labute approximate surface area is 347 Å². The number of fused-ring (bicyclic) bond motifs is 3. The number of amides is 2. The van der Waals surface area contributed by atoms with Gasteiger partial charge in [0.2, 0.25) is 27.4 Å². The standard InChI is InChI=1S/C42H40ClF3N6O7S/c1-4-24-19-41(24,40(55)51-60(56,57)27-13-14-27)20-31(53)30-17-26(21-52(30)39(54)29(22(2)3)18-34-47-16-15-33(43)48-34)58-38-36-35(28-7-5-6-8-32(28)59-36)49-37(50-38)23-9-11-25(12-10-23)42(44,45)46/h4-12,15-16,22,24,26-27,29-30H,1,13-14,17-21H2,2-3H3,(H,51,55)/t24-,26-,29+,30+,41-/m1/s1. The van der Waals surface area contributed by atoms with E-state index >= 15 is 0 Å². The number of allylic oxidation sites excluding steroid dienone is 1. The molecule has 2 saturated carbocycles. The lowest BCUT2D eigenvalue weighted by Gasteiger charge is -2.30. The molecule has 2 aromatic carbocycles. The highest BCUT2D eigenvalue weighted by Gasteiger charge is 2.61. The minimum atomic E-state index is -4.56. The predicted molar refractivity (Wildman–Crippen MR) is 214 cm³/mol. The fourth-order valence-corrected chi connectivity index (χ4v) is 9.51. The van der Waals surface area contributed by atoms with Gasteiger partial charge in [0.1, 0.15) is 28.2 Å². The van der Waals surface area contributed by atoms with Gasteiger partial charge in [-0.2, -0.15) is 18.2 Å². The molecule has 18 heteroatoms. The monoisotopic (exact) mass is 864 g/mol. The van der Waals surface area contributed by atoms with E-state index in [0.717, 1.165) is 12.1 Å². The Morgan fingerprint density at radius 2 is 1.82 bits per heavy atom. The van der Waals surface area contributed by atoms with Gasteiger partial charge in [-0.15, -0.1) is 6.58 Å². The van der Waals surface area contributed by atoms with E-state index in [1.807, 2.05) is 13.8 Å². The number of hydrogen-bond donors (Lipinski definition) is 1. The molecule has 2 amide bonds. The summed E-state index contributed by atoms with van der Waals surface area (Å²) in [6.45, 7) is 7.42. The summed E-state index contributed by atoms with van der Waals surface area (Å²) < 4.78 is 80.8. The number of para-hydroxylation sites is 1. The summed E-state index contributed by atoms with van der Waals surface area (Å²) in [5.41, 5.74) is -1.01. The Hall–Kier alpha value is -5.42. The first-order chi connectivity index (χ1) is 28.5. The number of ether oxygens (including phenoxy) is 1. The number of rotatable bonds is 14. The molecular formula is C42H40ClF3N6O7S. The average Bonchev–Trinajstić information content (AvgIpc) is 4.11. The first-order valence-corrected chi connectivity index (χ1v) is 21.4. The molecule has 13 nitrogen and oxygen atoms in total. The van der Waals surface area contributed by atoms with Gasteiger partial charge in [0.05, 0.1) is 28.8 Å². The molecule has 0 unspecified atom stereocenters. The average molecular weight is 865 g/mol. The van der Waals surface area contributed by atoms with Gasteiger partial charge in [-0.1, -0.05) is 55.8 Å². The van der Waals surface area contributed by atoms with Crippen LogP contribution in [-0.2, 0) is 37.0 Å². The summed E-state index contributed by atoms with van der Waals surface area (Å²) in [6.07, 6.45) is -1.64. The number of likely N-dealkylation sites (tertiary alicyclic amines) is 1. The number of nitrogens with zero attached hydrogens (tertiary/aromatic N) is 5. The number of ketones is 1. The van der Waals surface area contributed by atoms with Crippen molar-refractivity contribution in [2.24, 2.45) is 23.2 Å². The van der Waals surface area contributed by atoms with Crippen molar-refractivity contribution in [2.75, 3.05) is 6.54 Å². The number of Topliss-reactive ketones (excluding diaryl/α,β-unsaturated/α-hetero) is 1. The maximum absolute atomic E-state index is 14.7. The van der Waals surface area contributed by atoms with Crippen molar-refractivity contribution < 1.29 is 45.1 Å². The van der Waals surface area contributed by atoms with E-state index in [4.69, 9.17) is 20.8 Å². The fraction of sp³-hybridized carbons (Fsp3) is 0.405. The van der Waals surface area contributed by atoms with Crippen molar-refractivity contribution in [2.45, 2.75) is 75.9 Å². The van der Waals surface area contributed by atoms with Gasteiger partial charge in [-0.05, 0) is 61.4 Å². The van der Waals surface area contributed by atoms with Crippen LogP contribution in [0.3, 0.4) is 0 Å². The highest BCUT2D eigenvalue weighted by molar-refractivity contribution is 7.90. The second kappa shape index (κ2) is 15.6. The van der Waals surface area contributed by atoms with E-state index in [9.17, 15) is 36.0 Å². The maximum Gasteiger partial charge on any atom is 0.416 e. The molecule has 1 aliphatic heterocycles. The van der Waals surface area contributed by atoms with Crippen LogP contribution in [0.15, 0.2) is 77.9 Å². The summed E-state index contributed by atoms with van der Waals surface area (Å²) in [6, 6.07) is 11.8. The number of benzene rings is 2. The Kier molecular flexibility index (Phi) is 10.7. The van der Waals surface area contributed by atoms with Gasteiger partial charge in [0.15, 0.2) is 11.6 Å². The zero-order valence-electron chi connectivity index (χ0n) is 32.5. The number of halogens is 4. The minimum Gasteiger partial charge on any atom is -0.470 e. The topological polar surface area (TPSA) is 175 Å². The summed E-state index contributed by atoms with van der Waals surface area (Å²) in [5, 5.41) is 0.136. The van der Waals surface area contributed by atoms with Crippen LogP contribution in [0.5, 0.6) is 5.88 Å². The first-order valence-electron chi connectivity index (χ1n) is 19.5. The second-order valence-corrected chi connectivity index (χ2v) is 18.4. The highest BCUT2D eigenvalue weighted by Crippen LogP contribution is 2.57. The second-order valence-electron chi connectivity index (χ2n) is 16.1. The predicted octanol–water partition coefficient (Wildman–Crippen LogP) is 7.13. The normalized spacial score (nSPS) is 22.2. The summed E-state index contributed by atoms with van der Waals surface area (Å²) >= 11 is 6.15. The molecule has 5 aromatic rings. The minimum absolute atomic E-state index is 0.0405. The third-order valence-electron chi connectivity index (χ3n) is 11.6. The van der Waals surface area contributed by atoms with Crippen molar-refractivity contribution in [3.05, 3.63) is 90.0 Å². The molecule has 314 valence electrons. The molecule has 3 fully saturated rings. The molecule has 1 saturated heterocycles. The zero-order valence-corrected chi connectivity index (χ0v) is 34.1. The molecule has 0 spiro atoms. The first kappa shape index (κ1) is 41.3. The van der Waals surface area contributed by atoms with Crippen molar-refractivity contribution in [3.8, 4) is 17.3 Å². The van der Waals surface area contributed by atoms with Crippen LogP contribution in [0.25, 0.3) is 33.5 Å². The Morgan fingerprint density at radius 3 is 2.47 bits per heavy atom. The Balaban J connectivity index is 1.14. The van der Waals surface area contributed by atoms with Gasteiger partial charge in [0, 0.05) is 42.3 Å². The fourth-order valence-electron chi connectivity index (χ4n) is 7.97. The van der Waals surface area contributed by atoms with Crippen LogP contribution in [0.4, 0.5) is 13.2 Å². The van der Waals surface area contributed by atoms with Crippen molar-refractivity contribution in [1.82, 2.24) is 29.6 Å². The van der Waals surface area contributed by atoms with Gasteiger partial charge in [0.25, 0.3) is 5.88 Å². The van der Waals surface area contributed by atoms with Crippen LogP contribution in [0, 0.1) is 23.2 Å². The van der Waals surface area contributed by atoms with E-state index in [2.05, 4.69) is 31.2 Å². The summed E-state index contributed by atoms with van der Waals surface area (Å²) in [5.74, 6) is -2.76. The third-order valence-corrected chi connectivity index (χ3v) is 13.6. The zero-order chi connectivity index (χ0) is 42.7. The molecule has 60 heavy (non-hydrogen) atoms. The van der Waals surface area contributed by atoms with Gasteiger partial charge in [-0.25, -0.2) is 23.4 Å². The Bertz CT molecular complexity index is 2640. The quantitative estimate of drug-likeness (QED) is 0.0889. The number of sulfonamides is 1. The molecule has 0 bridgehead atoms. The van der Waals surface area contributed by atoms with Crippen LogP contribution >= 0.6 is 11.6 Å². The molecular weight excluding hydrogens is 825 g/mol. The van der Waals surface area contributed by atoms with E-state index < -0.39 is 74.0 Å². The van der Waals surface area contributed by atoms with E-state index in [0.29, 0.717) is 35.2 Å². The number of furan rings is 1. The lowest BCUT2D eigenvalue weighted by Crippen LogP contribution is -2.47. The summed E-state index contributed by atoms with van der Waals surface area (Å²) in [4.78, 5) is 62.2. The van der Waals surface area contributed by atoms with E-state index in [-0.39, 0.29) is 66.1 Å². The van der Waals surface area contributed by atoms with E-state index in [1.54, 1.807) is 24.3 Å². The lowest BCUT2D eigenvalue weighted by atomic mass is 9.89. The number of nitrogens with one attached hydrogen (secondary N) is 1. The number of aromatic nitrogens is 4. The lowest BCUT2D eigenvalue weighted by molar-refractivity contribution is -0.143. The van der Waals surface area contributed by atoms with Crippen LogP contribution in [0.1, 0.15) is 57.3 Å². The van der Waals surface area contributed by atoms with Crippen LogP contribution < -0.4 is 9.46 Å².